The molecule has 24 heavy (non-hydrogen) atoms. The number of methoxy groups -OCH3 is 2. The van der Waals surface area contributed by atoms with Crippen LogP contribution in [0.2, 0.25) is 0 Å². The minimum atomic E-state index is 0.0153. The Balaban J connectivity index is 1.91. The van der Waals surface area contributed by atoms with E-state index < -0.39 is 0 Å². The predicted molar refractivity (Wildman–Crippen MR) is 91.3 cm³/mol. The second-order valence-electron chi connectivity index (χ2n) is 6.19. The molecular weight excluding hydrogens is 308 g/mol. The molecule has 0 saturated carbocycles. The predicted octanol–water partition coefficient (Wildman–Crippen LogP) is 1.72. The molecule has 2 amide bonds. The fraction of sp³-hybridized carbons (Fsp3) is 0.556. The molecule has 132 valence electrons. The molecule has 0 aromatic heterocycles. The largest absolute Gasteiger partial charge is 0.493 e. The minimum Gasteiger partial charge on any atom is -0.493 e. The van der Waals surface area contributed by atoms with Crippen molar-refractivity contribution >= 4 is 11.8 Å². The average molecular weight is 334 g/mol. The zero-order chi connectivity index (χ0) is 17.7. The van der Waals surface area contributed by atoms with Crippen molar-refractivity contribution in [2.24, 2.45) is 0 Å². The molecule has 0 radical (unpaired) electrons. The van der Waals surface area contributed by atoms with Gasteiger partial charge in [0, 0.05) is 25.6 Å². The van der Waals surface area contributed by atoms with Crippen molar-refractivity contribution in [1.29, 1.82) is 0 Å². The molecule has 6 heteroatoms. The van der Waals surface area contributed by atoms with Crippen LogP contribution >= 0.6 is 0 Å². The van der Waals surface area contributed by atoms with Crippen LogP contribution in [0.3, 0.4) is 0 Å². The number of carbonyl (C=O) groups excluding carboxylic acids is 2. The van der Waals surface area contributed by atoms with Crippen molar-refractivity contribution in [3.63, 3.8) is 0 Å². The van der Waals surface area contributed by atoms with Crippen molar-refractivity contribution in [3.05, 3.63) is 23.8 Å². The van der Waals surface area contributed by atoms with E-state index in [4.69, 9.17) is 9.47 Å². The van der Waals surface area contributed by atoms with Gasteiger partial charge in [-0.2, -0.15) is 0 Å². The topological polar surface area (TPSA) is 59.1 Å². The Morgan fingerprint density at radius 1 is 1.17 bits per heavy atom. The Kier molecular flexibility index (Phi) is 6.06. The van der Waals surface area contributed by atoms with Gasteiger partial charge < -0.3 is 19.3 Å². The molecule has 1 aromatic carbocycles. The molecule has 0 spiro atoms. The molecule has 2 rings (SSSR count). The number of piperazine rings is 1. The maximum absolute atomic E-state index is 12.4. The van der Waals surface area contributed by atoms with E-state index in [1.807, 2.05) is 36.9 Å². The third-order valence-corrected chi connectivity index (χ3v) is 4.31. The van der Waals surface area contributed by atoms with Gasteiger partial charge in [0.05, 0.1) is 20.8 Å². The Hall–Kier alpha value is -2.24. The summed E-state index contributed by atoms with van der Waals surface area (Å²) in [5.41, 5.74) is 1.01. The molecule has 1 saturated heterocycles. The first-order valence-electron chi connectivity index (χ1n) is 8.24. The molecule has 1 heterocycles. The number of rotatable bonds is 6. The lowest BCUT2D eigenvalue weighted by Crippen LogP contribution is -2.54. The molecular formula is C18H26N2O4. The van der Waals surface area contributed by atoms with Gasteiger partial charge in [0.2, 0.25) is 11.8 Å². The number of ether oxygens (including phenoxy) is 2. The van der Waals surface area contributed by atoms with Gasteiger partial charge in [-0.25, -0.2) is 0 Å². The number of nitrogens with zero attached hydrogens (tertiary/aromatic N) is 2. The summed E-state index contributed by atoms with van der Waals surface area (Å²) >= 11 is 0. The highest BCUT2D eigenvalue weighted by Gasteiger charge is 2.28. The highest BCUT2D eigenvalue weighted by Crippen LogP contribution is 2.28. The lowest BCUT2D eigenvalue weighted by atomic mass is 10.1. The van der Waals surface area contributed by atoms with E-state index in [0.29, 0.717) is 37.4 Å². The number of benzene rings is 1. The van der Waals surface area contributed by atoms with Crippen LogP contribution < -0.4 is 9.47 Å². The van der Waals surface area contributed by atoms with Crippen molar-refractivity contribution in [2.45, 2.75) is 32.7 Å². The van der Waals surface area contributed by atoms with E-state index in [-0.39, 0.29) is 24.4 Å². The van der Waals surface area contributed by atoms with Gasteiger partial charge >= 0.3 is 0 Å². The molecule has 1 fully saturated rings. The SMILES string of the molecule is COc1ccc(CCC(=O)N2CCN(C(C)C)C(=O)C2)cc1OC. The summed E-state index contributed by atoms with van der Waals surface area (Å²) in [4.78, 5) is 27.9. The highest BCUT2D eigenvalue weighted by atomic mass is 16.5. The van der Waals surface area contributed by atoms with E-state index in [1.54, 1.807) is 19.1 Å². The van der Waals surface area contributed by atoms with Gasteiger partial charge in [-0.1, -0.05) is 6.07 Å². The number of hydrogen-bond donors (Lipinski definition) is 0. The van der Waals surface area contributed by atoms with Crippen molar-refractivity contribution in [1.82, 2.24) is 9.80 Å². The number of aryl methyl sites for hydroxylation is 1. The Morgan fingerprint density at radius 2 is 1.88 bits per heavy atom. The number of carbonyl (C=O) groups is 2. The van der Waals surface area contributed by atoms with Crippen LogP contribution in [0.25, 0.3) is 0 Å². The van der Waals surface area contributed by atoms with Crippen LogP contribution in [0.4, 0.5) is 0 Å². The minimum absolute atomic E-state index is 0.0153. The summed E-state index contributed by atoms with van der Waals surface area (Å²) in [6.45, 7) is 5.38. The van der Waals surface area contributed by atoms with E-state index in [1.165, 1.54) is 0 Å². The first-order chi connectivity index (χ1) is 11.5. The van der Waals surface area contributed by atoms with Crippen LogP contribution in [0.1, 0.15) is 25.8 Å². The van der Waals surface area contributed by atoms with Gasteiger partial charge in [0.1, 0.15) is 0 Å². The van der Waals surface area contributed by atoms with Gasteiger partial charge in [0.15, 0.2) is 11.5 Å². The summed E-state index contributed by atoms with van der Waals surface area (Å²) in [6.07, 6.45) is 0.988. The van der Waals surface area contributed by atoms with E-state index >= 15 is 0 Å². The monoisotopic (exact) mass is 334 g/mol. The summed E-state index contributed by atoms with van der Waals surface area (Å²) in [6, 6.07) is 5.83. The normalized spacial score (nSPS) is 15.0. The van der Waals surface area contributed by atoms with Crippen LogP contribution in [-0.4, -0.2) is 61.5 Å². The molecule has 0 N–H and O–H groups in total. The summed E-state index contributed by atoms with van der Waals surface area (Å²) in [7, 11) is 3.18. The first-order valence-corrected chi connectivity index (χ1v) is 8.24. The summed E-state index contributed by atoms with van der Waals surface area (Å²) < 4.78 is 10.5. The maximum Gasteiger partial charge on any atom is 0.242 e. The van der Waals surface area contributed by atoms with Gasteiger partial charge in [0.25, 0.3) is 0 Å². The second-order valence-corrected chi connectivity index (χ2v) is 6.19. The summed E-state index contributed by atoms with van der Waals surface area (Å²) in [5.74, 6) is 1.36. The van der Waals surface area contributed by atoms with Crippen LogP contribution in [0, 0.1) is 0 Å². The van der Waals surface area contributed by atoms with Crippen molar-refractivity contribution in [2.75, 3.05) is 33.9 Å². The molecule has 1 aliphatic rings. The molecule has 1 aromatic rings. The molecule has 0 aliphatic carbocycles. The zero-order valence-corrected chi connectivity index (χ0v) is 14.9. The zero-order valence-electron chi connectivity index (χ0n) is 14.9. The van der Waals surface area contributed by atoms with Gasteiger partial charge in [-0.3, -0.25) is 9.59 Å². The Labute approximate surface area is 143 Å². The maximum atomic E-state index is 12.4. The van der Waals surface area contributed by atoms with E-state index in [9.17, 15) is 9.59 Å². The van der Waals surface area contributed by atoms with Crippen LogP contribution in [0.5, 0.6) is 11.5 Å². The molecule has 1 aliphatic heterocycles. The number of amides is 2. The smallest absolute Gasteiger partial charge is 0.242 e. The van der Waals surface area contributed by atoms with E-state index in [0.717, 1.165) is 5.56 Å². The highest BCUT2D eigenvalue weighted by molar-refractivity contribution is 5.86. The van der Waals surface area contributed by atoms with Crippen LogP contribution in [0.15, 0.2) is 18.2 Å². The van der Waals surface area contributed by atoms with Crippen molar-refractivity contribution in [3.8, 4) is 11.5 Å². The standard InChI is InChI=1S/C18H26N2O4/c1-13(2)20-10-9-19(12-18(20)22)17(21)8-6-14-5-7-15(23-3)16(11-14)24-4/h5,7,11,13H,6,8-10,12H2,1-4H3. The van der Waals surface area contributed by atoms with Crippen molar-refractivity contribution < 1.29 is 19.1 Å². The molecule has 0 bridgehead atoms. The number of hydrogen-bond acceptors (Lipinski definition) is 4. The third-order valence-electron chi connectivity index (χ3n) is 4.31. The Bertz CT molecular complexity index is 601. The molecule has 0 atom stereocenters. The summed E-state index contributed by atoms with van der Waals surface area (Å²) in [5, 5.41) is 0. The Morgan fingerprint density at radius 3 is 2.46 bits per heavy atom. The second kappa shape index (κ2) is 8.04. The fourth-order valence-corrected chi connectivity index (χ4v) is 2.89. The van der Waals surface area contributed by atoms with E-state index in [2.05, 4.69) is 0 Å². The molecule has 0 unspecified atom stereocenters. The lowest BCUT2D eigenvalue weighted by molar-refractivity contribution is -0.146. The van der Waals surface area contributed by atoms with Crippen LogP contribution in [-0.2, 0) is 16.0 Å². The molecule has 6 nitrogen and oxygen atoms in total. The third kappa shape index (κ3) is 4.19. The fourth-order valence-electron chi connectivity index (χ4n) is 2.89. The lowest BCUT2D eigenvalue weighted by Gasteiger charge is -2.36. The first kappa shape index (κ1) is 18.1. The quantitative estimate of drug-likeness (QED) is 0.795. The average Bonchev–Trinajstić information content (AvgIpc) is 2.58. The van der Waals surface area contributed by atoms with Gasteiger partial charge in [-0.05, 0) is 38.0 Å². The van der Waals surface area contributed by atoms with Gasteiger partial charge in [-0.15, -0.1) is 0 Å².